The van der Waals surface area contributed by atoms with E-state index in [9.17, 15) is 0 Å². The molecule has 19 heavy (non-hydrogen) atoms. The summed E-state index contributed by atoms with van der Waals surface area (Å²) in [6.07, 6.45) is 8.83. The zero-order valence-electron chi connectivity index (χ0n) is 12.4. The first-order valence-corrected chi connectivity index (χ1v) is 8.38. The zero-order chi connectivity index (χ0) is 13.1. The number of nitrogens with one attached hydrogen (secondary N) is 1. The summed E-state index contributed by atoms with van der Waals surface area (Å²) in [6, 6.07) is 0.520. The van der Waals surface area contributed by atoms with Gasteiger partial charge in [-0.2, -0.15) is 0 Å². The SMILES string of the molecule is CC(NCCN(CC1CC1)CC1CC1)C1CCCO1. The van der Waals surface area contributed by atoms with E-state index < -0.39 is 0 Å². The van der Waals surface area contributed by atoms with E-state index in [1.165, 1.54) is 58.2 Å². The molecule has 2 saturated carbocycles. The third kappa shape index (κ3) is 4.73. The maximum Gasteiger partial charge on any atom is 0.0726 e. The molecule has 3 fully saturated rings. The third-order valence-corrected chi connectivity index (χ3v) is 4.84. The predicted octanol–water partition coefficient (Wildman–Crippen LogP) is 2.27. The van der Waals surface area contributed by atoms with E-state index in [1.807, 2.05) is 0 Å². The number of rotatable bonds is 9. The predicted molar refractivity (Wildman–Crippen MR) is 78.3 cm³/mol. The number of hydrogen-bond acceptors (Lipinski definition) is 3. The van der Waals surface area contributed by atoms with Crippen LogP contribution in [0.1, 0.15) is 45.4 Å². The minimum atomic E-state index is 0.459. The van der Waals surface area contributed by atoms with Gasteiger partial charge in [0.2, 0.25) is 0 Å². The lowest BCUT2D eigenvalue weighted by atomic mass is 10.1. The summed E-state index contributed by atoms with van der Waals surface area (Å²) >= 11 is 0. The lowest BCUT2D eigenvalue weighted by Crippen LogP contribution is -2.42. The van der Waals surface area contributed by atoms with Gasteiger partial charge in [0, 0.05) is 38.8 Å². The summed E-state index contributed by atoms with van der Waals surface area (Å²) in [5.74, 6) is 2.05. The molecule has 2 unspecified atom stereocenters. The second-order valence-corrected chi connectivity index (χ2v) is 6.94. The van der Waals surface area contributed by atoms with Crippen molar-refractivity contribution in [2.45, 2.75) is 57.6 Å². The van der Waals surface area contributed by atoms with Crippen LogP contribution < -0.4 is 5.32 Å². The maximum atomic E-state index is 5.75. The van der Waals surface area contributed by atoms with Crippen molar-refractivity contribution in [3.8, 4) is 0 Å². The fourth-order valence-corrected chi connectivity index (χ4v) is 3.17. The van der Waals surface area contributed by atoms with Gasteiger partial charge in [-0.15, -0.1) is 0 Å². The molecule has 1 heterocycles. The molecular formula is C16H30N2O. The Morgan fingerprint density at radius 1 is 1.11 bits per heavy atom. The normalized spacial score (nSPS) is 29.1. The van der Waals surface area contributed by atoms with Crippen molar-refractivity contribution in [2.75, 3.05) is 32.8 Å². The van der Waals surface area contributed by atoms with Crippen LogP contribution in [-0.2, 0) is 4.74 Å². The van der Waals surface area contributed by atoms with Crippen molar-refractivity contribution in [1.29, 1.82) is 0 Å². The highest BCUT2D eigenvalue weighted by atomic mass is 16.5. The minimum Gasteiger partial charge on any atom is -0.377 e. The van der Waals surface area contributed by atoms with Crippen molar-refractivity contribution in [3.05, 3.63) is 0 Å². The van der Waals surface area contributed by atoms with Gasteiger partial charge in [0.05, 0.1) is 6.10 Å². The quantitative estimate of drug-likeness (QED) is 0.693. The smallest absolute Gasteiger partial charge is 0.0726 e. The van der Waals surface area contributed by atoms with Gasteiger partial charge in [-0.05, 0) is 57.3 Å². The van der Waals surface area contributed by atoms with Crippen molar-refractivity contribution in [2.24, 2.45) is 11.8 Å². The minimum absolute atomic E-state index is 0.459. The molecule has 2 aliphatic carbocycles. The van der Waals surface area contributed by atoms with Gasteiger partial charge >= 0.3 is 0 Å². The number of hydrogen-bond donors (Lipinski definition) is 1. The lowest BCUT2D eigenvalue weighted by Gasteiger charge is -2.25. The average molecular weight is 266 g/mol. The van der Waals surface area contributed by atoms with Crippen LogP contribution in [0, 0.1) is 11.8 Å². The zero-order valence-corrected chi connectivity index (χ0v) is 12.4. The van der Waals surface area contributed by atoms with Gasteiger partial charge in [0.25, 0.3) is 0 Å². The molecule has 3 aliphatic rings. The van der Waals surface area contributed by atoms with Gasteiger partial charge in [0.1, 0.15) is 0 Å². The summed E-state index contributed by atoms with van der Waals surface area (Å²) in [7, 11) is 0. The number of nitrogens with zero attached hydrogens (tertiary/aromatic N) is 1. The fraction of sp³-hybridized carbons (Fsp3) is 1.00. The van der Waals surface area contributed by atoms with E-state index in [2.05, 4.69) is 17.1 Å². The standard InChI is InChI=1S/C16H30N2O/c1-13(16-3-2-10-19-16)17-8-9-18(11-14-4-5-14)12-15-6-7-15/h13-17H,2-12H2,1H3. The fourth-order valence-electron chi connectivity index (χ4n) is 3.17. The second-order valence-electron chi connectivity index (χ2n) is 6.94. The lowest BCUT2D eigenvalue weighted by molar-refractivity contribution is 0.0825. The first-order chi connectivity index (χ1) is 9.31. The Morgan fingerprint density at radius 2 is 1.79 bits per heavy atom. The molecule has 3 nitrogen and oxygen atoms in total. The van der Waals surface area contributed by atoms with E-state index in [1.54, 1.807) is 0 Å². The monoisotopic (exact) mass is 266 g/mol. The molecule has 0 aromatic rings. The Balaban J connectivity index is 1.33. The average Bonchev–Trinajstić information content (AvgIpc) is 3.32. The third-order valence-electron chi connectivity index (χ3n) is 4.84. The van der Waals surface area contributed by atoms with Crippen LogP contribution in [0.3, 0.4) is 0 Å². The molecule has 0 bridgehead atoms. The van der Waals surface area contributed by atoms with E-state index in [4.69, 9.17) is 4.74 Å². The van der Waals surface area contributed by atoms with Crippen LogP contribution in [0.15, 0.2) is 0 Å². The van der Waals surface area contributed by atoms with E-state index in [0.717, 1.165) is 25.0 Å². The van der Waals surface area contributed by atoms with E-state index in [-0.39, 0.29) is 0 Å². The molecule has 1 saturated heterocycles. The molecule has 1 N–H and O–H groups in total. The van der Waals surface area contributed by atoms with Crippen LogP contribution in [-0.4, -0.2) is 49.8 Å². The van der Waals surface area contributed by atoms with Crippen LogP contribution in [0.25, 0.3) is 0 Å². The first-order valence-electron chi connectivity index (χ1n) is 8.38. The molecule has 110 valence electrons. The summed E-state index contributed by atoms with van der Waals surface area (Å²) in [6.45, 7) is 8.30. The molecule has 0 spiro atoms. The molecule has 0 amide bonds. The van der Waals surface area contributed by atoms with Crippen LogP contribution >= 0.6 is 0 Å². The van der Waals surface area contributed by atoms with Crippen molar-refractivity contribution in [1.82, 2.24) is 10.2 Å². The molecule has 0 aromatic heterocycles. The first kappa shape index (κ1) is 13.8. The molecule has 3 heteroatoms. The van der Waals surface area contributed by atoms with Gasteiger partial charge in [-0.3, -0.25) is 0 Å². The largest absolute Gasteiger partial charge is 0.377 e. The molecular weight excluding hydrogens is 236 g/mol. The van der Waals surface area contributed by atoms with Crippen molar-refractivity contribution >= 4 is 0 Å². The van der Waals surface area contributed by atoms with Crippen LogP contribution in [0.4, 0.5) is 0 Å². The van der Waals surface area contributed by atoms with Gasteiger partial charge < -0.3 is 15.0 Å². The molecule has 0 aromatic carbocycles. The van der Waals surface area contributed by atoms with Crippen LogP contribution in [0.2, 0.25) is 0 Å². The highest BCUT2D eigenvalue weighted by molar-refractivity contribution is 4.83. The summed E-state index contributed by atoms with van der Waals surface area (Å²) in [4.78, 5) is 2.71. The Hall–Kier alpha value is -0.120. The second kappa shape index (κ2) is 6.55. The Morgan fingerprint density at radius 3 is 2.32 bits per heavy atom. The highest BCUT2D eigenvalue weighted by Gasteiger charge is 2.29. The van der Waals surface area contributed by atoms with Crippen molar-refractivity contribution < 1.29 is 4.74 Å². The van der Waals surface area contributed by atoms with Gasteiger partial charge in [-0.1, -0.05) is 0 Å². The molecule has 3 rings (SSSR count). The van der Waals surface area contributed by atoms with Crippen LogP contribution in [0.5, 0.6) is 0 Å². The van der Waals surface area contributed by atoms with Gasteiger partial charge in [0.15, 0.2) is 0 Å². The Kier molecular flexibility index (Phi) is 4.78. The number of ether oxygens (including phenoxy) is 1. The summed E-state index contributed by atoms with van der Waals surface area (Å²) in [5, 5.41) is 3.68. The highest BCUT2D eigenvalue weighted by Crippen LogP contribution is 2.33. The Bertz CT molecular complexity index is 256. The molecule has 0 radical (unpaired) electrons. The Labute approximate surface area is 118 Å². The van der Waals surface area contributed by atoms with E-state index in [0.29, 0.717) is 12.1 Å². The maximum absolute atomic E-state index is 5.75. The topological polar surface area (TPSA) is 24.5 Å². The van der Waals surface area contributed by atoms with Crippen molar-refractivity contribution in [3.63, 3.8) is 0 Å². The van der Waals surface area contributed by atoms with Gasteiger partial charge in [-0.25, -0.2) is 0 Å². The van der Waals surface area contributed by atoms with E-state index >= 15 is 0 Å². The summed E-state index contributed by atoms with van der Waals surface area (Å²) < 4.78 is 5.75. The summed E-state index contributed by atoms with van der Waals surface area (Å²) in [5.41, 5.74) is 0. The molecule has 1 aliphatic heterocycles. The molecule has 2 atom stereocenters.